The number of nitrogens with zero attached hydrogens (tertiary/aromatic N) is 2. The molecule has 0 aliphatic carbocycles. The van der Waals surface area contributed by atoms with Gasteiger partial charge in [-0.05, 0) is 34.5 Å². The van der Waals surface area contributed by atoms with E-state index in [1.54, 1.807) is 6.92 Å². The first-order chi connectivity index (χ1) is 6.56. The molecule has 0 amide bonds. The molecule has 76 valence electrons. The van der Waals surface area contributed by atoms with Crippen LogP contribution in [0.5, 0.6) is 0 Å². The van der Waals surface area contributed by atoms with Crippen LogP contribution in [0.2, 0.25) is 10.4 Å². The Hall–Kier alpha value is -0.390. The quantitative estimate of drug-likeness (QED) is 0.479. The van der Waals surface area contributed by atoms with Gasteiger partial charge >= 0.3 is 5.97 Å². The normalized spacial score (nSPS) is 10.0. The molecule has 7 heteroatoms. The topological polar surface area (TPSA) is 52.1 Å². The van der Waals surface area contributed by atoms with Crippen molar-refractivity contribution >= 4 is 45.1 Å². The van der Waals surface area contributed by atoms with Crippen molar-refractivity contribution in [2.24, 2.45) is 0 Å². The van der Waals surface area contributed by atoms with Crippen LogP contribution < -0.4 is 0 Å². The molecular weight excluding hydrogens is 295 g/mol. The average molecular weight is 300 g/mol. The number of esters is 1. The van der Waals surface area contributed by atoms with Crippen LogP contribution in [0.15, 0.2) is 4.47 Å². The Bertz CT molecular complexity index is 373. The van der Waals surface area contributed by atoms with Crippen LogP contribution >= 0.6 is 39.1 Å². The van der Waals surface area contributed by atoms with Gasteiger partial charge in [0, 0.05) is 0 Å². The molecule has 0 saturated carbocycles. The van der Waals surface area contributed by atoms with Gasteiger partial charge in [-0.15, -0.1) is 0 Å². The van der Waals surface area contributed by atoms with Gasteiger partial charge in [0.1, 0.15) is 5.15 Å². The van der Waals surface area contributed by atoms with Crippen LogP contribution in [-0.2, 0) is 4.74 Å². The van der Waals surface area contributed by atoms with Gasteiger partial charge in [0.05, 0.1) is 11.1 Å². The first-order valence-electron chi connectivity index (χ1n) is 3.62. The van der Waals surface area contributed by atoms with E-state index in [-0.39, 0.29) is 27.2 Å². The van der Waals surface area contributed by atoms with E-state index in [2.05, 4.69) is 25.9 Å². The van der Waals surface area contributed by atoms with E-state index in [0.29, 0.717) is 0 Å². The van der Waals surface area contributed by atoms with Crippen molar-refractivity contribution in [1.29, 1.82) is 0 Å². The van der Waals surface area contributed by atoms with Crippen LogP contribution in [0.3, 0.4) is 0 Å². The molecule has 1 rings (SSSR count). The highest BCUT2D eigenvalue weighted by atomic mass is 79.9. The molecule has 0 aromatic carbocycles. The third kappa shape index (κ3) is 2.56. The van der Waals surface area contributed by atoms with Crippen molar-refractivity contribution in [3.05, 3.63) is 20.6 Å². The number of halogens is 3. The summed E-state index contributed by atoms with van der Waals surface area (Å²) in [6, 6.07) is 0. The smallest absolute Gasteiger partial charge is 0.358 e. The summed E-state index contributed by atoms with van der Waals surface area (Å²) in [4.78, 5) is 18.7. The minimum absolute atomic E-state index is 0.0249. The first kappa shape index (κ1) is 11.7. The molecule has 0 fully saturated rings. The number of aromatic nitrogens is 2. The highest BCUT2D eigenvalue weighted by Gasteiger charge is 2.17. The summed E-state index contributed by atoms with van der Waals surface area (Å²) in [6.45, 7) is 1.95. The number of hydrogen-bond acceptors (Lipinski definition) is 4. The molecule has 0 radical (unpaired) electrons. The van der Waals surface area contributed by atoms with Crippen molar-refractivity contribution < 1.29 is 9.53 Å². The Labute approximate surface area is 98.7 Å². The van der Waals surface area contributed by atoms with Gasteiger partial charge < -0.3 is 4.74 Å². The fourth-order valence-electron chi connectivity index (χ4n) is 0.729. The summed E-state index contributed by atoms with van der Waals surface area (Å²) in [7, 11) is 0. The number of rotatable bonds is 2. The standard InChI is InChI=1S/C7H5BrCl2N2O2/c1-2-14-6(13)4-3(8)5(9)12-7(10)11-4/h2H2,1H3. The van der Waals surface area contributed by atoms with Gasteiger partial charge in [-0.3, -0.25) is 0 Å². The number of carbonyl (C=O) groups is 1. The van der Waals surface area contributed by atoms with Crippen molar-refractivity contribution in [2.45, 2.75) is 6.92 Å². The van der Waals surface area contributed by atoms with Crippen molar-refractivity contribution in [2.75, 3.05) is 6.61 Å². The minimum Gasteiger partial charge on any atom is -0.461 e. The highest BCUT2D eigenvalue weighted by Crippen LogP contribution is 2.25. The summed E-state index contributed by atoms with van der Waals surface area (Å²) in [5, 5.41) is -0.0192. The zero-order valence-electron chi connectivity index (χ0n) is 7.05. The van der Waals surface area contributed by atoms with E-state index in [9.17, 15) is 4.79 Å². The molecule has 0 bridgehead atoms. The van der Waals surface area contributed by atoms with Crippen LogP contribution in [0, 0.1) is 0 Å². The predicted octanol–water partition coefficient (Wildman–Crippen LogP) is 2.72. The average Bonchev–Trinajstić information content (AvgIpc) is 2.11. The molecule has 0 aliphatic rings. The Kier molecular flexibility index (Phi) is 4.10. The van der Waals surface area contributed by atoms with Crippen LogP contribution in [-0.4, -0.2) is 22.5 Å². The van der Waals surface area contributed by atoms with E-state index in [1.807, 2.05) is 0 Å². The molecule has 0 unspecified atom stereocenters. The maximum absolute atomic E-state index is 11.3. The maximum Gasteiger partial charge on any atom is 0.358 e. The SMILES string of the molecule is CCOC(=O)c1nc(Cl)nc(Cl)c1Br. The Morgan fingerprint density at radius 3 is 2.71 bits per heavy atom. The van der Waals surface area contributed by atoms with E-state index in [0.717, 1.165) is 0 Å². The number of hydrogen-bond donors (Lipinski definition) is 0. The molecule has 0 atom stereocenters. The monoisotopic (exact) mass is 298 g/mol. The van der Waals surface area contributed by atoms with Crippen molar-refractivity contribution in [1.82, 2.24) is 9.97 Å². The van der Waals surface area contributed by atoms with Gasteiger partial charge in [0.15, 0.2) is 5.69 Å². The molecular formula is C7H5BrCl2N2O2. The summed E-state index contributed by atoms with van der Waals surface area (Å²) in [5.74, 6) is -0.592. The Morgan fingerprint density at radius 1 is 1.50 bits per heavy atom. The first-order valence-corrected chi connectivity index (χ1v) is 5.16. The summed E-state index contributed by atoms with van der Waals surface area (Å²) in [5.41, 5.74) is 0.0249. The zero-order chi connectivity index (χ0) is 10.7. The van der Waals surface area contributed by atoms with Crippen molar-refractivity contribution in [3.8, 4) is 0 Å². The third-order valence-electron chi connectivity index (χ3n) is 1.25. The van der Waals surface area contributed by atoms with Crippen LogP contribution in [0.25, 0.3) is 0 Å². The van der Waals surface area contributed by atoms with Gasteiger partial charge in [0.2, 0.25) is 5.28 Å². The fraction of sp³-hybridized carbons (Fsp3) is 0.286. The zero-order valence-corrected chi connectivity index (χ0v) is 10.1. The predicted molar refractivity (Wildman–Crippen MR) is 55.7 cm³/mol. The third-order valence-corrected chi connectivity index (χ3v) is 2.67. The molecule has 0 N–H and O–H groups in total. The summed E-state index contributed by atoms with van der Waals surface area (Å²) in [6.07, 6.45) is 0. The number of carbonyl (C=O) groups excluding carboxylic acids is 1. The Morgan fingerprint density at radius 2 is 2.14 bits per heavy atom. The molecule has 1 heterocycles. The lowest BCUT2D eigenvalue weighted by Gasteiger charge is -2.04. The van der Waals surface area contributed by atoms with Crippen LogP contribution in [0.4, 0.5) is 0 Å². The van der Waals surface area contributed by atoms with E-state index >= 15 is 0 Å². The largest absolute Gasteiger partial charge is 0.461 e. The second kappa shape index (κ2) is 4.91. The van der Waals surface area contributed by atoms with E-state index in [4.69, 9.17) is 27.9 Å². The number of ether oxygens (including phenoxy) is 1. The fourth-order valence-corrected chi connectivity index (χ4v) is 1.45. The lowest BCUT2D eigenvalue weighted by molar-refractivity contribution is 0.0518. The molecule has 0 saturated heterocycles. The maximum atomic E-state index is 11.3. The van der Waals surface area contributed by atoms with E-state index < -0.39 is 5.97 Å². The van der Waals surface area contributed by atoms with Gasteiger partial charge in [-0.1, -0.05) is 11.6 Å². The molecule has 14 heavy (non-hydrogen) atoms. The molecule has 0 spiro atoms. The second-order valence-electron chi connectivity index (χ2n) is 2.17. The molecule has 0 aliphatic heterocycles. The van der Waals surface area contributed by atoms with Crippen LogP contribution in [0.1, 0.15) is 17.4 Å². The molecule has 1 aromatic heterocycles. The lowest BCUT2D eigenvalue weighted by Crippen LogP contribution is -2.09. The summed E-state index contributed by atoms with van der Waals surface area (Å²) < 4.78 is 5.02. The Balaban J connectivity index is 3.13. The molecule has 1 aromatic rings. The van der Waals surface area contributed by atoms with E-state index in [1.165, 1.54) is 0 Å². The lowest BCUT2D eigenvalue weighted by atomic mass is 10.4. The molecule has 4 nitrogen and oxygen atoms in total. The van der Waals surface area contributed by atoms with Gasteiger partial charge in [-0.25, -0.2) is 14.8 Å². The summed E-state index contributed by atoms with van der Waals surface area (Å²) >= 11 is 14.3. The second-order valence-corrected chi connectivity index (χ2v) is 3.66. The van der Waals surface area contributed by atoms with Crippen molar-refractivity contribution in [3.63, 3.8) is 0 Å². The van der Waals surface area contributed by atoms with Gasteiger partial charge in [0.25, 0.3) is 0 Å². The van der Waals surface area contributed by atoms with Gasteiger partial charge in [-0.2, -0.15) is 0 Å². The highest BCUT2D eigenvalue weighted by molar-refractivity contribution is 9.10. The minimum atomic E-state index is -0.592.